The van der Waals surface area contributed by atoms with Gasteiger partial charge in [0.2, 0.25) is 5.91 Å². The third kappa shape index (κ3) is 4.81. The fourth-order valence-corrected chi connectivity index (χ4v) is 3.02. The number of aromatic nitrogens is 1. The Balaban J connectivity index is 1.57. The van der Waals surface area contributed by atoms with Crippen LogP contribution in [0.5, 0.6) is 11.5 Å². The van der Waals surface area contributed by atoms with E-state index in [9.17, 15) is 14.4 Å². The number of methoxy groups -OCH3 is 2. The summed E-state index contributed by atoms with van der Waals surface area (Å²) in [7, 11) is 3.09. The molecule has 2 N–H and O–H groups in total. The molecule has 9 nitrogen and oxygen atoms in total. The van der Waals surface area contributed by atoms with Gasteiger partial charge >= 0.3 is 6.03 Å². The zero-order valence-electron chi connectivity index (χ0n) is 16.2. The molecule has 0 saturated carbocycles. The van der Waals surface area contributed by atoms with Crippen LogP contribution in [0.25, 0.3) is 0 Å². The van der Waals surface area contributed by atoms with Gasteiger partial charge in [-0.3, -0.25) is 14.5 Å². The highest BCUT2D eigenvalue weighted by molar-refractivity contribution is 6.06. The van der Waals surface area contributed by atoms with E-state index in [0.29, 0.717) is 23.7 Å². The zero-order valence-corrected chi connectivity index (χ0v) is 16.2. The van der Waals surface area contributed by atoms with E-state index in [0.717, 1.165) is 10.5 Å². The molecular weight excluding hydrogens is 376 g/mol. The van der Waals surface area contributed by atoms with Gasteiger partial charge in [-0.15, -0.1) is 0 Å². The van der Waals surface area contributed by atoms with Crippen LogP contribution < -0.4 is 20.1 Å². The van der Waals surface area contributed by atoms with Crippen molar-refractivity contribution in [1.29, 1.82) is 0 Å². The van der Waals surface area contributed by atoms with Crippen molar-refractivity contribution < 1.29 is 23.9 Å². The first-order valence-corrected chi connectivity index (χ1v) is 9.05. The van der Waals surface area contributed by atoms with Crippen molar-refractivity contribution in [2.24, 2.45) is 0 Å². The quantitative estimate of drug-likeness (QED) is 0.654. The minimum absolute atomic E-state index is 0.159. The maximum Gasteiger partial charge on any atom is 0.324 e. The number of carbonyl (C=O) groups excluding carboxylic acids is 3. The van der Waals surface area contributed by atoms with Gasteiger partial charge in [0.1, 0.15) is 11.9 Å². The van der Waals surface area contributed by atoms with Crippen LogP contribution in [-0.4, -0.2) is 54.5 Å². The van der Waals surface area contributed by atoms with Crippen molar-refractivity contribution in [3.8, 4) is 11.5 Å². The number of pyridine rings is 1. The SMILES string of the molecule is COc1ccc(CCN2C(=O)N[C@H](CC(=O)Nc3ccccn3)C2=O)cc1OC. The summed E-state index contributed by atoms with van der Waals surface area (Å²) in [5.74, 6) is 0.742. The number of nitrogens with one attached hydrogen (secondary N) is 2. The van der Waals surface area contributed by atoms with E-state index in [1.165, 1.54) is 0 Å². The number of benzene rings is 1. The van der Waals surface area contributed by atoms with Crippen LogP contribution in [0.3, 0.4) is 0 Å². The Morgan fingerprint density at radius 3 is 2.66 bits per heavy atom. The number of hydrogen-bond acceptors (Lipinski definition) is 6. The van der Waals surface area contributed by atoms with Gasteiger partial charge in [-0.1, -0.05) is 12.1 Å². The molecule has 29 heavy (non-hydrogen) atoms. The number of amides is 4. The van der Waals surface area contributed by atoms with Gasteiger partial charge < -0.3 is 20.1 Å². The van der Waals surface area contributed by atoms with Gasteiger partial charge in [-0.25, -0.2) is 9.78 Å². The van der Waals surface area contributed by atoms with Gasteiger partial charge in [0.15, 0.2) is 11.5 Å². The minimum atomic E-state index is -0.892. The summed E-state index contributed by atoms with van der Waals surface area (Å²) in [4.78, 5) is 42.0. The van der Waals surface area contributed by atoms with Gasteiger partial charge in [0.25, 0.3) is 5.91 Å². The van der Waals surface area contributed by atoms with Crippen molar-refractivity contribution in [3.05, 3.63) is 48.2 Å². The molecule has 1 aliphatic heterocycles. The Kier molecular flexibility index (Phi) is 6.28. The topological polar surface area (TPSA) is 110 Å². The van der Waals surface area contributed by atoms with E-state index in [4.69, 9.17) is 9.47 Å². The van der Waals surface area contributed by atoms with E-state index in [2.05, 4.69) is 15.6 Å². The second-order valence-corrected chi connectivity index (χ2v) is 6.40. The molecule has 2 heterocycles. The van der Waals surface area contributed by atoms with Crippen LogP contribution in [0, 0.1) is 0 Å². The normalized spacial score (nSPS) is 15.8. The lowest BCUT2D eigenvalue weighted by molar-refractivity contribution is -0.129. The van der Waals surface area contributed by atoms with Gasteiger partial charge in [0, 0.05) is 12.7 Å². The standard InChI is InChI=1S/C20H22N4O5/c1-28-15-7-6-13(11-16(15)29-2)8-10-24-19(26)14(22-20(24)27)12-18(25)23-17-5-3-4-9-21-17/h3-7,9,11,14H,8,10,12H2,1-2H3,(H,22,27)(H,21,23,25)/t14-/m1/s1. The van der Waals surface area contributed by atoms with E-state index in [-0.39, 0.29) is 13.0 Å². The van der Waals surface area contributed by atoms with Crippen molar-refractivity contribution in [2.45, 2.75) is 18.9 Å². The summed E-state index contributed by atoms with van der Waals surface area (Å²) in [6, 6.07) is 9.12. The highest BCUT2D eigenvalue weighted by Crippen LogP contribution is 2.27. The Labute approximate surface area is 168 Å². The van der Waals surface area contributed by atoms with Crippen molar-refractivity contribution >= 4 is 23.7 Å². The average molecular weight is 398 g/mol. The van der Waals surface area contributed by atoms with Crippen LogP contribution in [0.1, 0.15) is 12.0 Å². The molecule has 2 aromatic rings. The lowest BCUT2D eigenvalue weighted by atomic mass is 10.1. The Bertz CT molecular complexity index is 903. The summed E-state index contributed by atoms with van der Waals surface area (Å²) in [6.45, 7) is 0.193. The summed E-state index contributed by atoms with van der Waals surface area (Å²) < 4.78 is 10.5. The molecule has 1 aliphatic rings. The summed E-state index contributed by atoms with van der Waals surface area (Å²) in [6.07, 6.45) is 1.84. The number of urea groups is 1. The molecule has 0 aliphatic carbocycles. The van der Waals surface area contributed by atoms with E-state index >= 15 is 0 Å². The molecule has 0 bridgehead atoms. The van der Waals surface area contributed by atoms with Crippen LogP contribution in [0.15, 0.2) is 42.6 Å². The molecule has 1 saturated heterocycles. The first kappa shape index (κ1) is 20.1. The second kappa shape index (κ2) is 9.05. The number of carbonyl (C=O) groups is 3. The van der Waals surface area contributed by atoms with Gasteiger partial charge in [0.05, 0.1) is 20.6 Å². The Morgan fingerprint density at radius 1 is 1.17 bits per heavy atom. The minimum Gasteiger partial charge on any atom is -0.493 e. The highest BCUT2D eigenvalue weighted by Gasteiger charge is 2.38. The maximum absolute atomic E-state index is 12.6. The lowest BCUT2D eigenvalue weighted by Gasteiger charge is -2.14. The molecule has 3 rings (SSSR count). The number of anilines is 1. The molecular formula is C20H22N4O5. The fraction of sp³-hybridized carbons (Fsp3) is 0.300. The maximum atomic E-state index is 12.6. The fourth-order valence-electron chi connectivity index (χ4n) is 3.02. The smallest absolute Gasteiger partial charge is 0.324 e. The number of nitrogens with zero attached hydrogens (tertiary/aromatic N) is 2. The zero-order chi connectivity index (χ0) is 20.8. The number of hydrogen-bond donors (Lipinski definition) is 2. The van der Waals surface area contributed by atoms with Crippen LogP contribution in [0.2, 0.25) is 0 Å². The average Bonchev–Trinajstić information content (AvgIpc) is 2.99. The first-order chi connectivity index (χ1) is 14.0. The molecule has 1 fully saturated rings. The number of imide groups is 1. The largest absolute Gasteiger partial charge is 0.493 e. The first-order valence-electron chi connectivity index (χ1n) is 9.05. The Morgan fingerprint density at radius 2 is 1.97 bits per heavy atom. The molecule has 0 unspecified atom stereocenters. The van der Waals surface area contributed by atoms with E-state index in [1.807, 2.05) is 6.07 Å². The van der Waals surface area contributed by atoms with Crippen molar-refractivity contribution in [2.75, 3.05) is 26.1 Å². The molecule has 0 spiro atoms. The molecule has 1 aromatic carbocycles. The monoisotopic (exact) mass is 398 g/mol. The van der Waals surface area contributed by atoms with Gasteiger partial charge in [-0.05, 0) is 36.2 Å². The van der Waals surface area contributed by atoms with Crippen LogP contribution >= 0.6 is 0 Å². The Hall–Kier alpha value is -3.62. The van der Waals surface area contributed by atoms with Crippen LogP contribution in [0.4, 0.5) is 10.6 Å². The molecule has 1 aromatic heterocycles. The number of ether oxygens (including phenoxy) is 2. The van der Waals surface area contributed by atoms with E-state index in [1.54, 1.807) is 50.7 Å². The highest BCUT2D eigenvalue weighted by atomic mass is 16.5. The molecule has 0 radical (unpaired) electrons. The van der Waals surface area contributed by atoms with Crippen LogP contribution in [-0.2, 0) is 16.0 Å². The number of rotatable bonds is 8. The van der Waals surface area contributed by atoms with Gasteiger partial charge in [-0.2, -0.15) is 0 Å². The lowest BCUT2D eigenvalue weighted by Crippen LogP contribution is -2.35. The van der Waals surface area contributed by atoms with Crippen molar-refractivity contribution in [1.82, 2.24) is 15.2 Å². The predicted molar refractivity (Wildman–Crippen MR) is 105 cm³/mol. The molecule has 9 heteroatoms. The molecule has 1 atom stereocenters. The predicted octanol–water partition coefficient (Wildman–Crippen LogP) is 1.59. The third-order valence-corrected chi connectivity index (χ3v) is 4.50. The van der Waals surface area contributed by atoms with Crippen molar-refractivity contribution in [3.63, 3.8) is 0 Å². The molecule has 152 valence electrons. The second-order valence-electron chi connectivity index (χ2n) is 6.40. The summed E-state index contributed by atoms with van der Waals surface area (Å²) >= 11 is 0. The summed E-state index contributed by atoms with van der Waals surface area (Å²) in [5, 5.41) is 5.16. The third-order valence-electron chi connectivity index (χ3n) is 4.50. The molecule has 4 amide bonds. The summed E-state index contributed by atoms with van der Waals surface area (Å²) in [5.41, 5.74) is 0.889. The van der Waals surface area contributed by atoms with E-state index < -0.39 is 23.9 Å².